The standard InChI is InChI=1S/C16H22N2O5S.C16H22N2O4S.C16H20N2O3S.C15H20ClNO3S.C11H14N2O3S/c1-15(2,3)23-14(20)18-10-8-9-11(17-7)13(12(10)19)24(21,22)16(4,5)6;1-15(2,3)14(20)18-10-8-9-11(17-7)13(12(10)19)23(21,22)16(4,5)6;1-15(2,3)14-18-10-8-9-11(17-7)13(12(10)21-14)22(19,20)16(4,5)6;1-14(2,3)13-17-10-8-7-9(16)12(11(10)20-13)21(18,19)15(4,5)6;1-11(2,3)17(15,16)10-8(13-4)6-5-7(12)9(10)14/h8-9,19H,1-6H3,(H,18,20);8-9,19H,1-6H3,(H,18,20);8-9H,1-6H3;7-8H,1-6H3;5-6,14H,12H2,1-3H3. The van der Waals surface area contributed by atoms with Crippen molar-refractivity contribution in [2.75, 3.05) is 16.4 Å². The van der Waals surface area contributed by atoms with Gasteiger partial charge >= 0.3 is 6.09 Å². The molecule has 2 aromatic heterocycles. The molecule has 33 heteroatoms. The maximum Gasteiger partial charge on any atom is 0.412 e. The van der Waals surface area contributed by atoms with E-state index in [2.05, 4.69) is 40.0 Å². The maximum atomic E-state index is 12.9. The normalized spacial score (nSPS) is 12.9. The summed E-state index contributed by atoms with van der Waals surface area (Å²) in [5.41, 5.74) is 4.06. The van der Waals surface area contributed by atoms with Crippen molar-refractivity contribution < 1.29 is 80.6 Å². The molecule has 0 aliphatic carbocycles. The lowest BCUT2D eigenvalue weighted by Gasteiger charge is -2.23. The van der Waals surface area contributed by atoms with Gasteiger partial charge in [-0.05, 0) is 161 Å². The molecule has 584 valence electrons. The van der Waals surface area contributed by atoms with E-state index in [1.165, 1.54) is 105 Å². The Balaban J connectivity index is 0.000000348. The molecule has 7 N–H and O–H groups in total. The Bertz CT molecular complexity index is 5380. The zero-order chi connectivity index (χ0) is 83.7. The number of nitrogens with one attached hydrogen (secondary N) is 2. The summed E-state index contributed by atoms with van der Waals surface area (Å²) in [5, 5.41) is 35.5. The van der Waals surface area contributed by atoms with Crippen LogP contribution in [0.4, 0.5) is 44.6 Å². The average Bonchev–Trinajstić information content (AvgIpc) is 1.40. The molecule has 0 saturated heterocycles. The lowest BCUT2D eigenvalue weighted by atomic mass is 9.95. The van der Waals surface area contributed by atoms with Crippen LogP contribution in [0, 0.1) is 31.7 Å². The number of sulfone groups is 5. The summed E-state index contributed by atoms with van der Waals surface area (Å²) >= 11 is 6.15. The van der Waals surface area contributed by atoms with E-state index in [4.69, 9.17) is 57.2 Å². The maximum absolute atomic E-state index is 12.9. The first-order valence-corrected chi connectivity index (χ1v) is 40.5. The molecule has 7 rings (SSSR count). The highest BCUT2D eigenvalue weighted by atomic mass is 35.5. The molecule has 107 heavy (non-hydrogen) atoms. The van der Waals surface area contributed by atoms with Gasteiger partial charge in [0, 0.05) is 16.2 Å². The van der Waals surface area contributed by atoms with Crippen LogP contribution in [0.25, 0.3) is 41.6 Å². The van der Waals surface area contributed by atoms with Crippen LogP contribution in [-0.4, -0.2) is 109 Å². The van der Waals surface area contributed by atoms with Gasteiger partial charge in [-0.25, -0.2) is 76.2 Å². The quantitative estimate of drug-likeness (QED) is 0.0490. The van der Waals surface area contributed by atoms with E-state index >= 15 is 0 Å². The molecule has 7 aromatic rings. The van der Waals surface area contributed by atoms with Gasteiger partial charge in [0.25, 0.3) is 0 Å². The van der Waals surface area contributed by atoms with Gasteiger partial charge < -0.3 is 39.9 Å². The van der Waals surface area contributed by atoms with E-state index < -0.39 is 117 Å². The van der Waals surface area contributed by atoms with Crippen LogP contribution in [0.5, 0.6) is 17.2 Å². The van der Waals surface area contributed by atoms with E-state index in [-0.39, 0.29) is 87.4 Å². The number of nitrogens with two attached hydrogens (primary N) is 1. The summed E-state index contributed by atoms with van der Waals surface area (Å²) in [6.45, 7) is 73.3. The number of carbonyl (C=O) groups is 2. The molecule has 2 heterocycles. The number of phenols is 3. The lowest BCUT2D eigenvalue weighted by molar-refractivity contribution is -0.123. The van der Waals surface area contributed by atoms with E-state index in [9.17, 15) is 67.0 Å². The Morgan fingerprint density at radius 1 is 0.421 bits per heavy atom. The third-order valence-electron chi connectivity index (χ3n) is 15.0. The number of anilines is 3. The van der Waals surface area contributed by atoms with Crippen LogP contribution < -0.4 is 16.4 Å². The van der Waals surface area contributed by atoms with Crippen LogP contribution in [0.2, 0.25) is 5.02 Å². The van der Waals surface area contributed by atoms with E-state index in [1.807, 2.05) is 41.5 Å². The van der Waals surface area contributed by atoms with Crippen molar-refractivity contribution in [2.24, 2.45) is 5.41 Å². The van der Waals surface area contributed by atoms with E-state index in [1.54, 1.807) is 101 Å². The Morgan fingerprint density at radius 3 is 1.02 bits per heavy atom. The second kappa shape index (κ2) is 31.7. The van der Waals surface area contributed by atoms with Crippen molar-refractivity contribution >= 4 is 135 Å². The number of nitrogen functional groups attached to an aromatic ring is 1. The van der Waals surface area contributed by atoms with Crippen LogP contribution in [0.3, 0.4) is 0 Å². The molecule has 0 saturated carbocycles. The number of fused-ring (bicyclic) bond motifs is 2. The van der Waals surface area contributed by atoms with Crippen molar-refractivity contribution in [1.29, 1.82) is 0 Å². The molecule has 0 aliphatic rings. The zero-order valence-electron chi connectivity index (χ0n) is 65.4. The molecule has 0 bridgehead atoms. The molecule has 0 fully saturated rings. The number of nitrogens with zero attached hydrogens (tertiary/aromatic N) is 6. The Labute approximate surface area is 635 Å². The average molecular weight is 1600 g/mol. The van der Waals surface area contributed by atoms with Crippen molar-refractivity contribution in [1.82, 2.24) is 9.97 Å². The number of halogens is 1. The fraction of sp³-hybridized carbons (Fsp3) is 0.486. The van der Waals surface area contributed by atoms with Crippen molar-refractivity contribution in [3.63, 3.8) is 0 Å². The summed E-state index contributed by atoms with van der Waals surface area (Å²) < 4.78 is 138. The van der Waals surface area contributed by atoms with Gasteiger partial charge in [-0.1, -0.05) is 98.2 Å². The van der Waals surface area contributed by atoms with Gasteiger partial charge in [0.05, 0.1) is 72.1 Å². The largest absolute Gasteiger partial charge is 0.506 e. The number of ether oxygens (including phenoxy) is 1. The number of hydrogen-bond acceptors (Lipinski definition) is 21. The summed E-state index contributed by atoms with van der Waals surface area (Å²) in [5.74, 6) is -1.26. The Morgan fingerprint density at radius 2 is 0.701 bits per heavy atom. The molecule has 0 atom stereocenters. The minimum atomic E-state index is -4.00. The SMILES string of the molecule is CC(C)(C)c1nc2ccc(Cl)c(S(=O)(=O)C(C)(C)C)c2o1.[C-]#[N+]c1ccc(N)c(O)c1S(=O)(=O)C(C)(C)C.[C-]#[N+]c1ccc(NC(=O)C(C)(C)C)c(O)c1S(=O)(=O)C(C)(C)C.[C-]#[N+]c1ccc(NC(=O)OC(C)(C)C)c(O)c1S(=O)(=O)C(C)(C)C.[C-]#[N+]c1ccc2nc(C(C)(C)C)oc2c1S(=O)(=O)C(C)(C)C. The van der Waals surface area contributed by atoms with Gasteiger partial charge in [0.2, 0.25) is 40.4 Å². The number of rotatable bonds is 7. The molecule has 0 spiro atoms. The highest BCUT2D eigenvalue weighted by molar-refractivity contribution is 7.94. The highest BCUT2D eigenvalue weighted by Gasteiger charge is 2.42. The monoisotopic (exact) mass is 1600 g/mol. The second-order valence-electron chi connectivity index (χ2n) is 33.4. The molecule has 2 amide bonds. The Kier molecular flexibility index (Phi) is 27.3. The molecular weight excluding hydrogens is 1500 g/mol. The van der Waals surface area contributed by atoms with Gasteiger partial charge in [-0.15, -0.1) is 0 Å². The molecule has 0 unspecified atom stereocenters. The van der Waals surface area contributed by atoms with Gasteiger partial charge in [0.15, 0.2) is 60.4 Å². The van der Waals surface area contributed by atoms with Crippen molar-refractivity contribution in [3.05, 3.63) is 123 Å². The predicted octanol–water partition coefficient (Wildman–Crippen LogP) is 18.1. The van der Waals surface area contributed by atoms with Gasteiger partial charge in [-0.3, -0.25) is 10.1 Å². The topological polar surface area (TPSA) is 394 Å². The Hall–Kier alpha value is -9.02. The molecule has 27 nitrogen and oxygen atoms in total. The van der Waals surface area contributed by atoms with Gasteiger partial charge in [0.1, 0.15) is 58.4 Å². The van der Waals surface area contributed by atoms with Crippen molar-refractivity contribution in [3.8, 4) is 17.2 Å². The first kappa shape index (κ1) is 92.2. The summed E-state index contributed by atoms with van der Waals surface area (Å²) in [6, 6.07) is 14.1. The number of aromatic nitrogens is 2. The number of benzene rings is 5. The molecule has 0 aliphatic heterocycles. The summed E-state index contributed by atoms with van der Waals surface area (Å²) in [7, 11) is -19.1. The second-order valence-corrected chi connectivity index (χ2v) is 47.0. The third kappa shape index (κ3) is 20.6. The number of amides is 2. The first-order chi connectivity index (χ1) is 47.8. The molecular formula is C74H98ClN9O18S5. The van der Waals surface area contributed by atoms with E-state index in [0.717, 1.165) is 0 Å². The number of aromatic hydroxyl groups is 3. The third-order valence-corrected chi connectivity index (χ3v) is 28.2. The highest BCUT2D eigenvalue weighted by Crippen LogP contribution is 2.47. The van der Waals surface area contributed by atoms with E-state index in [0.29, 0.717) is 22.8 Å². The molecule has 0 radical (unpaired) electrons. The fourth-order valence-corrected chi connectivity index (χ4v) is 15.6. The smallest absolute Gasteiger partial charge is 0.412 e. The van der Waals surface area contributed by atoms with Gasteiger partial charge in [-0.2, -0.15) is 0 Å². The minimum Gasteiger partial charge on any atom is -0.506 e. The number of oxazole rings is 2. The summed E-state index contributed by atoms with van der Waals surface area (Å²) in [4.78, 5) is 44.1. The van der Waals surface area contributed by atoms with Crippen LogP contribution >= 0.6 is 11.6 Å². The number of hydrogen-bond donors (Lipinski definition) is 6. The van der Waals surface area contributed by atoms with Crippen LogP contribution in [-0.2, 0) is 69.5 Å². The predicted molar refractivity (Wildman–Crippen MR) is 417 cm³/mol. The van der Waals surface area contributed by atoms with Crippen molar-refractivity contribution in [2.45, 2.75) is 252 Å². The summed E-state index contributed by atoms with van der Waals surface area (Å²) in [6.07, 6.45) is -0.840. The molecule has 5 aromatic carbocycles. The zero-order valence-corrected chi connectivity index (χ0v) is 70.3. The van der Waals surface area contributed by atoms with Crippen LogP contribution in [0.1, 0.15) is 199 Å². The lowest BCUT2D eigenvalue weighted by Crippen LogP contribution is -2.29. The fourth-order valence-electron chi connectivity index (χ4n) is 8.35. The van der Waals surface area contributed by atoms with Crippen LogP contribution in [0.15, 0.2) is 94.0 Å². The first-order valence-electron chi connectivity index (χ1n) is 32.7. The number of carbonyl (C=O) groups excluding carboxylic acids is 2. The minimum absolute atomic E-state index is 0.0252. The number of phenolic OH excluding ortho intramolecular Hbond substituents is 3.